The van der Waals surface area contributed by atoms with Crippen LogP contribution < -0.4 is 14.8 Å². The van der Waals surface area contributed by atoms with E-state index in [-0.39, 0.29) is 12.6 Å². The molecule has 1 heterocycles. The number of aliphatic hydroxyl groups is 1. The lowest BCUT2D eigenvalue weighted by atomic mass is 10.0. The number of hydrogen-bond acceptors (Lipinski definition) is 4. The molecular formula is C13H19NO3. The number of benzene rings is 1. The maximum atomic E-state index is 9.11. The number of aliphatic hydroxyl groups excluding tert-OH is 1. The van der Waals surface area contributed by atoms with Crippen molar-refractivity contribution in [2.45, 2.75) is 32.4 Å². The fourth-order valence-corrected chi connectivity index (χ4v) is 2.01. The van der Waals surface area contributed by atoms with Crippen molar-refractivity contribution in [2.75, 3.05) is 13.4 Å². The lowest BCUT2D eigenvalue weighted by Gasteiger charge is -2.21. The van der Waals surface area contributed by atoms with Crippen molar-refractivity contribution >= 4 is 0 Å². The Morgan fingerprint density at radius 2 is 2.06 bits per heavy atom. The third-order valence-electron chi connectivity index (χ3n) is 2.75. The predicted molar refractivity (Wildman–Crippen MR) is 65.3 cm³/mol. The van der Waals surface area contributed by atoms with Crippen LogP contribution in [0.4, 0.5) is 0 Å². The van der Waals surface area contributed by atoms with Gasteiger partial charge in [-0.1, -0.05) is 19.9 Å². The van der Waals surface area contributed by atoms with Gasteiger partial charge in [0.25, 0.3) is 0 Å². The van der Waals surface area contributed by atoms with E-state index < -0.39 is 0 Å². The summed E-state index contributed by atoms with van der Waals surface area (Å²) in [5.41, 5.74) is 1.12. The SMILES string of the molecule is CC(C)NC(CCO)c1ccc2c(c1)OCO2. The van der Waals surface area contributed by atoms with Crippen LogP contribution in [0.3, 0.4) is 0 Å². The molecule has 0 aliphatic carbocycles. The largest absolute Gasteiger partial charge is 0.454 e. The minimum Gasteiger partial charge on any atom is -0.454 e. The van der Waals surface area contributed by atoms with Crippen LogP contribution >= 0.6 is 0 Å². The lowest BCUT2D eigenvalue weighted by Crippen LogP contribution is -2.28. The highest BCUT2D eigenvalue weighted by Gasteiger charge is 2.18. The monoisotopic (exact) mass is 237 g/mol. The molecule has 17 heavy (non-hydrogen) atoms. The highest BCUT2D eigenvalue weighted by Crippen LogP contribution is 2.34. The van der Waals surface area contributed by atoms with E-state index in [4.69, 9.17) is 14.6 Å². The zero-order valence-corrected chi connectivity index (χ0v) is 10.3. The first-order valence-corrected chi connectivity index (χ1v) is 5.97. The van der Waals surface area contributed by atoms with E-state index in [1.165, 1.54) is 0 Å². The molecule has 0 bridgehead atoms. The molecule has 0 spiro atoms. The average molecular weight is 237 g/mol. The number of rotatable bonds is 5. The maximum Gasteiger partial charge on any atom is 0.231 e. The summed E-state index contributed by atoms with van der Waals surface area (Å²) < 4.78 is 10.6. The molecule has 0 saturated heterocycles. The summed E-state index contributed by atoms with van der Waals surface area (Å²) >= 11 is 0. The molecule has 1 aromatic carbocycles. The molecule has 1 aromatic rings. The molecule has 2 N–H and O–H groups in total. The van der Waals surface area contributed by atoms with Crippen LogP contribution in [0, 0.1) is 0 Å². The summed E-state index contributed by atoms with van der Waals surface area (Å²) in [4.78, 5) is 0. The summed E-state index contributed by atoms with van der Waals surface area (Å²) in [5, 5.41) is 12.5. The molecular weight excluding hydrogens is 218 g/mol. The fourth-order valence-electron chi connectivity index (χ4n) is 2.01. The second kappa shape index (κ2) is 5.38. The molecule has 0 radical (unpaired) electrons. The van der Waals surface area contributed by atoms with Crippen LogP contribution in [0.2, 0.25) is 0 Å². The van der Waals surface area contributed by atoms with Gasteiger partial charge in [-0.3, -0.25) is 0 Å². The summed E-state index contributed by atoms with van der Waals surface area (Å²) in [7, 11) is 0. The van der Waals surface area contributed by atoms with Crippen molar-refractivity contribution < 1.29 is 14.6 Å². The van der Waals surface area contributed by atoms with Crippen molar-refractivity contribution in [2.24, 2.45) is 0 Å². The summed E-state index contributed by atoms with van der Waals surface area (Å²) in [5.74, 6) is 1.58. The minimum atomic E-state index is 0.148. The number of hydrogen-bond donors (Lipinski definition) is 2. The van der Waals surface area contributed by atoms with Crippen LogP contribution in [0.25, 0.3) is 0 Å². The molecule has 4 nitrogen and oxygen atoms in total. The molecule has 1 aliphatic rings. The summed E-state index contributed by atoms with van der Waals surface area (Å²) in [6.45, 7) is 4.65. The van der Waals surface area contributed by atoms with Gasteiger partial charge < -0.3 is 19.9 Å². The maximum absolute atomic E-state index is 9.11. The average Bonchev–Trinajstić information content (AvgIpc) is 2.74. The van der Waals surface area contributed by atoms with Gasteiger partial charge in [-0.05, 0) is 24.1 Å². The second-order valence-electron chi connectivity index (χ2n) is 4.50. The molecule has 0 aromatic heterocycles. The highest BCUT2D eigenvalue weighted by molar-refractivity contribution is 5.45. The van der Waals surface area contributed by atoms with Crippen LogP contribution in [0.5, 0.6) is 11.5 Å². The second-order valence-corrected chi connectivity index (χ2v) is 4.50. The first kappa shape index (κ1) is 12.2. The zero-order valence-electron chi connectivity index (χ0n) is 10.3. The van der Waals surface area contributed by atoms with Gasteiger partial charge in [-0.2, -0.15) is 0 Å². The lowest BCUT2D eigenvalue weighted by molar-refractivity contribution is 0.174. The van der Waals surface area contributed by atoms with E-state index >= 15 is 0 Å². The van der Waals surface area contributed by atoms with Gasteiger partial charge in [0, 0.05) is 18.7 Å². The molecule has 0 fully saturated rings. The van der Waals surface area contributed by atoms with E-state index in [1.54, 1.807) is 0 Å². The van der Waals surface area contributed by atoms with Crippen molar-refractivity contribution in [3.05, 3.63) is 23.8 Å². The Labute approximate surface area is 102 Å². The van der Waals surface area contributed by atoms with Gasteiger partial charge in [0.15, 0.2) is 11.5 Å². The Balaban J connectivity index is 2.17. The Hall–Kier alpha value is -1.26. The molecule has 0 saturated carbocycles. The van der Waals surface area contributed by atoms with Crippen molar-refractivity contribution in [1.82, 2.24) is 5.32 Å². The van der Waals surface area contributed by atoms with Crippen LogP contribution in [0.1, 0.15) is 31.9 Å². The third-order valence-corrected chi connectivity index (χ3v) is 2.75. The smallest absolute Gasteiger partial charge is 0.231 e. The van der Waals surface area contributed by atoms with Crippen LogP contribution in [-0.2, 0) is 0 Å². The highest BCUT2D eigenvalue weighted by atomic mass is 16.7. The molecule has 0 amide bonds. The third kappa shape index (κ3) is 2.90. The van der Waals surface area contributed by atoms with Gasteiger partial charge in [-0.15, -0.1) is 0 Å². The zero-order chi connectivity index (χ0) is 12.3. The molecule has 1 atom stereocenters. The van der Waals surface area contributed by atoms with Gasteiger partial charge in [0.05, 0.1) is 0 Å². The quantitative estimate of drug-likeness (QED) is 0.820. The Kier molecular flexibility index (Phi) is 3.86. The summed E-state index contributed by atoms with van der Waals surface area (Å²) in [6, 6.07) is 6.44. The van der Waals surface area contributed by atoms with Crippen molar-refractivity contribution in [3.63, 3.8) is 0 Å². The summed E-state index contributed by atoms with van der Waals surface area (Å²) in [6.07, 6.45) is 0.692. The predicted octanol–water partition coefficient (Wildman–Crippen LogP) is 1.84. The van der Waals surface area contributed by atoms with Gasteiger partial charge in [-0.25, -0.2) is 0 Å². The Morgan fingerprint density at radius 1 is 1.29 bits per heavy atom. The van der Waals surface area contributed by atoms with Gasteiger partial charge >= 0.3 is 0 Å². The van der Waals surface area contributed by atoms with E-state index in [0.29, 0.717) is 19.3 Å². The van der Waals surface area contributed by atoms with E-state index in [1.807, 2.05) is 18.2 Å². The first-order chi connectivity index (χ1) is 8.20. The molecule has 1 unspecified atom stereocenters. The van der Waals surface area contributed by atoms with Crippen molar-refractivity contribution in [1.29, 1.82) is 0 Å². The first-order valence-electron chi connectivity index (χ1n) is 5.97. The molecule has 1 aliphatic heterocycles. The molecule has 2 rings (SSSR count). The normalized spacial score (nSPS) is 15.3. The topological polar surface area (TPSA) is 50.7 Å². The van der Waals surface area contributed by atoms with E-state index in [2.05, 4.69) is 19.2 Å². The fraction of sp³-hybridized carbons (Fsp3) is 0.538. The van der Waals surface area contributed by atoms with Gasteiger partial charge in [0.2, 0.25) is 6.79 Å². The van der Waals surface area contributed by atoms with Crippen LogP contribution in [-0.4, -0.2) is 24.5 Å². The van der Waals surface area contributed by atoms with Crippen LogP contribution in [0.15, 0.2) is 18.2 Å². The minimum absolute atomic E-state index is 0.148. The number of nitrogens with one attached hydrogen (secondary N) is 1. The number of fused-ring (bicyclic) bond motifs is 1. The Morgan fingerprint density at radius 3 is 2.76 bits per heavy atom. The standard InChI is InChI=1S/C13H19NO3/c1-9(2)14-11(5-6-15)10-3-4-12-13(7-10)17-8-16-12/h3-4,7,9,11,14-15H,5-6,8H2,1-2H3. The van der Waals surface area contributed by atoms with E-state index in [0.717, 1.165) is 17.1 Å². The van der Waals surface area contributed by atoms with Crippen molar-refractivity contribution in [3.8, 4) is 11.5 Å². The Bertz CT molecular complexity index is 379. The molecule has 4 heteroatoms. The molecule has 94 valence electrons. The van der Waals surface area contributed by atoms with Gasteiger partial charge in [0.1, 0.15) is 0 Å². The number of ether oxygens (including phenoxy) is 2. The van der Waals surface area contributed by atoms with E-state index in [9.17, 15) is 0 Å².